The first-order valence-corrected chi connectivity index (χ1v) is 7.37. The summed E-state index contributed by atoms with van der Waals surface area (Å²) >= 11 is 1.42. The lowest BCUT2D eigenvalue weighted by Crippen LogP contribution is -2.29. The number of hydrogen-bond acceptors (Lipinski definition) is 5. The van der Waals surface area contributed by atoms with Crippen LogP contribution >= 0.6 is 11.3 Å². The molecule has 0 amide bonds. The fraction of sp³-hybridized carbons (Fsp3) is 0.267. The van der Waals surface area contributed by atoms with Crippen molar-refractivity contribution in [3.05, 3.63) is 40.1 Å². The molecule has 110 valence electrons. The summed E-state index contributed by atoms with van der Waals surface area (Å²) in [6.07, 6.45) is 0. The van der Waals surface area contributed by atoms with Gasteiger partial charge in [-0.2, -0.15) is 0 Å². The largest absolute Gasteiger partial charge is 0.478 e. The van der Waals surface area contributed by atoms with Crippen molar-refractivity contribution in [3.8, 4) is 11.5 Å². The molecule has 2 N–H and O–H groups in total. The standard InChI is InChI=1S/C15H15NO4S/c1-15(2)19-12-4-3-10(6-13(12)20-15)16-7-11-5-9(8-21-11)14(17)18/h3-6,8,16H,7H2,1-2H3,(H,17,18). The number of hydrogen-bond donors (Lipinski definition) is 2. The number of thiophene rings is 1. The predicted octanol–water partition coefficient (Wildman–Crippen LogP) is 3.57. The summed E-state index contributed by atoms with van der Waals surface area (Å²) in [5.41, 5.74) is 1.23. The number of nitrogens with one attached hydrogen (secondary N) is 1. The summed E-state index contributed by atoms with van der Waals surface area (Å²) in [7, 11) is 0. The van der Waals surface area contributed by atoms with Gasteiger partial charge in [0.25, 0.3) is 0 Å². The van der Waals surface area contributed by atoms with Crippen molar-refractivity contribution >= 4 is 23.0 Å². The average molecular weight is 305 g/mol. The predicted molar refractivity (Wildman–Crippen MR) is 80.4 cm³/mol. The van der Waals surface area contributed by atoms with Gasteiger partial charge in [-0.25, -0.2) is 4.79 Å². The van der Waals surface area contributed by atoms with E-state index in [1.165, 1.54) is 11.3 Å². The number of ether oxygens (including phenoxy) is 2. The van der Waals surface area contributed by atoms with E-state index < -0.39 is 11.8 Å². The highest BCUT2D eigenvalue weighted by Crippen LogP contribution is 2.40. The number of carboxylic acid groups (broad SMARTS) is 1. The lowest BCUT2D eigenvalue weighted by Gasteiger charge is -2.16. The Labute approximate surface area is 126 Å². The van der Waals surface area contributed by atoms with Gasteiger partial charge < -0.3 is 19.9 Å². The minimum Gasteiger partial charge on any atom is -0.478 e. The molecule has 0 unspecified atom stereocenters. The maximum absolute atomic E-state index is 10.8. The SMILES string of the molecule is CC1(C)Oc2ccc(NCc3cc(C(=O)O)cs3)cc2O1. The molecular formula is C15H15NO4S. The van der Waals surface area contributed by atoms with Gasteiger partial charge in [-0.3, -0.25) is 0 Å². The molecule has 1 aliphatic heterocycles. The van der Waals surface area contributed by atoms with Gasteiger partial charge >= 0.3 is 5.97 Å². The number of anilines is 1. The third kappa shape index (κ3) is 2.95. The second-order valence-corrected chi connectivity index (χ2v) is 6.22. The van der Waals surface area contributed by atoms with Crippen LogP contribution < -0.4 is 14.8 Å². The maximum atomic E-state index is 10.8. The van der Waals surface area contributed by atoms with Crippen molar-refractivity contribution in [2.24, 2.45) is 0 Å². The Kier molecular flexibility index (Phi) is 3.25. The molecule has 0 saturated carbocycles. The fourth-order valence-corrected chi connectivity index (χ4v) is 2.90. The van der Waals surface area contributed by atoms with E-state index in [0.717, 1.165) is 16.3 Å². The minimum atomic E-state index is -0.900. The summed E-state index contributed by atoms with van der Waals surface area (Å²) in [5.74, 6) is -0.0921. The van der Waals surface area contributed by atoms with Crippen LogP contribution in [0.3, 0.4) is 0 Å². The summed E-state index contributed by atoms with van der Waals surface area (Å²) in [4.78, 5) is 11.8. The number of benzene rings is 1. The highest BCUT2D eigenvalue weighted by atomic mass is 32.1. The highest BCUT2D eigenvalue weighted by molar-refractivity contribution is 7.10. The molecule has 0 saturated heterocycles. The first-order chi connectivity index (χ1) is 9.93. The lowest BCUT2D eigenvalue weighted by molar-refractivity contribution is -0.0431. The van der Waals surface area contributed by atoms with Gasteiger partial charge in [-0.1, -0.05) is 0 Å². The number of carbonyl (C=O) groups is 1. The summed E-state index contributed by atoms with van der Waals surface area (Å²) in [6, 6.07) is 7.34. The first kappa shape index (κ1) is 13.8. The van der Waals surface area contributed by atoms with Crippen LogP contribution in [-0.4, -0.2) is 16.9 Å². The topological polar surface area (TPSA) is 67.8 Å². The Bertz CT molecular complexity index is 693. The molecule has 21 heavy (non-hydrogen) atoms. The quantitative estimate of drug-likeness (QED) is 0.904. The van der Waals surface area contributed by atoms with E-state index in [1.807, 2.05) is 32.0 Å². The van der Waals surface area contributed by atoms with Crippen LogP contribution in [0.2, 0.25) is 0 Å². The molecule has 1 aromatic heterocycles. The zero-order chi connectivity index (χ0) is 15.0. The monoisotopic (exact) mass is 305 g/mol. The Morgan fingerprint density at radius 2 is 2.05 bits per heavy atom. The van der Waals surface area contributed by atoms with E-state index >= 15 is 0 Å². The molecule has 5 nitrogen and oxygen atoms in total. The van der Waals surface area contributed by atoms with E-state index in [1.54, 1.807) is 11.4 Å². The third-order valence-corrected chi connectivity index (χ3v) is 3.96. The summed E-state index contributed by atoms with van der Waals surface area (Å²) in [6.45, 7) is 4.29. The normalized spacial score (nSPS) is 15.0. The van der Waals surface area contributed by atoms with Crippen molar-refractivity contribution in [2.45, 2.75) is 26.2 Å². The van der Waals surface area contributed by atoms with Crippen molar-refractivity contribution in [1.82, 2.24) is 0 Å². The second-order valence-electron chi connectivity index (χ2n) is 5.23. The highest BCUT2D eigenvalue weighted by Gasteiger charge is 2.31. The first-order valence-electron chi connectivity index (χ1n) is 6.50. The molecule has 2 heterocycles. The Morgan fingerprint density at radius 1 is 1.29 bits per heavy atom. The van der Waals surface area contributed by atoms with E-state index in [-0.39, 0.29) is 0 Å². The Morgan fingerprint density at radius 3 is 2.76 bits per heavy atom. The van der Waals surface area contributed by atoms with E-state index in [0.29, 0.717) is 17.9 Å². The van der Waals surface area contributed by atoms with Gasteiger partial charge in [0.05, 0.1) is 5.56 Å². The van der Waals surface area contributed by atoms with Crippen LogP contribution in [0.5, 0.6) is 11.5 Å². The van der Waals surface area contributed by atoms with E-state index in [2.05, 4.69) is 5.32 Å². The van der Waals surface area contributed by atoms with Crippen LogP contribution in [0.4, 0.5) is 5.69 Å². The summed E-state index contributed by atoms with van der Waals surface area (Å²) in [5, 5.41) is 13.8. The van der Waals surface area contributed by atoms with Gasteiger partial charge in [0.2, 0.25) is 5.79 Å². The zero-order valence-electron chi connectivity index (χ0n) is 11.7. The van der Waals surface area contributed by atoms with Crippen molar-refractivity contribution in [1.29, 1.82) is 0 Å². The molecule has 0 atom stereocenters. The molecule has 6 heteroatoms. The van der Waals surface area contributed by atoms with E-state index in [4.69, 9.17) is 14.6 Å². The molecule has 1 aromatic carbocycles. The Hall–Kier alpha value is -2.21. The molecular weight excluding hydrogens is 290 g/mol. The van der Waals surface area contributed by atoms with Crippen molar-refractivity contribution < 1.29 is 19.4 Å². The number of aromatic carboxylic acids is 1. The third-order valence-electron chi connectivity index (χ3n) is 3.02. The van der Waals surface area contributed by atoms with E-state index in [9.17, 15) is 4.79 Å². The number of fused-ring (bicyclic) bond motifs is 1. The number of rotatable bonds is 4. The average Bonchev–Trinajstić information content (AvgIpc) is 2.98. The molecule has 1 aliphatic rings. The van der Waals surface area contributed by atoms with Gasteiger partial charge in [0.1, 0.15) is 0 Å². The van der Waals surface area contributed by atoms with Gasteiger partial charge in [-0.05, 0) is 18.2 Å². The molecule has 3 rings (SSSR count). The molecule has 0 fully saturated rings. The van der Waals surface area contributed by atoms with Crippen LogP contribution in [0.25, 0.3) is 0 Å². The Balaban J connectivity index is 1.68. The van der Waals surface area contributed by atoms with Crippen LogP contribution in [-0.2, 0) is 6.54 Å². The molecule has 0 spiro atoms. The van der Waals surface area contributed by atoms with Crippen molar-refractivity contribution in [2.75, 3.05) is 5.32 Å². The van der Waals surface area contributed by atoms with Gasteiger partial charge in [0.15, 0.2) is 11.5 Å². The maximum Gasteiger partial charge on any atom is 0.336 e. The fourth-order valence-electron chi connectivity index (χ4n) is 2.11. The molecule has 0 radical (unpaired) electrons. The van der Waals surface area contributed by atoms with Gasteiger partial charge in [0, 0.05) is 42.4 Å². The smallest absolute Gasteiger partial charge is 0.336 e. The minimum absolute atomic E-state index is 0.323. The molecule has 0 aliphatic carbocycles. The van der Waals surface area contributed by atoms with Crippen molar-refractivity contribution in [3.63, 3.8) is 0 Å². The summed E-state index contributed by atoms with van der Waals surface area (Å²) < 4.78 is 11.3. The van der Waals surface area contributed by atoms with Crippen LogP contribution in [0.15, 0.2) is 29.6 Å². The van der Waals surface area contributed by atoms with Crippen LogP contribution in [0, 0.1) is 0 Å². The molecule has 2 aromatic rings. The zero-order valence-corrected chi connectivity index (χ0v) is 12.5. The lowest BCUT2D eigenvalue weighted by atomic mass is 10.2. The second kappa shape index (κ2) is 4.96. The van der Waals surface area contributed by atoms with Gasteiger partial charge in [-0.15, -0.1) is 11.3 Å². The number of carboxylic acids is 1. The molecule has 0 bridgehead atoms. The van der Waals surface area contributed by atoms with Crippen LogP contribution in [0.1, 0.15) is 29.1 Å².